The van der Waals surface area contributed by atoms with Crippen LogP contribution in [0.25, 0.3) is 0 Å². The molecule has 2 aromatic rings. The predicted octanol–water partition coefficient (Wildman–Crippen LogP) is 1.81. The summed E-state index contributed by atoms with van der Waals surface area (Å²) in [7, 11) is 1.69. The van der Waals surface area contributed by atoms with Crippen LogP contribution in [-0.4, -0.2) is 55.3 Å². The molecule has 1 aromatic heterocycles. The van der Waals surface area contributed by atoms with Gasteiger partial charge < -0.3 is 19.6 Å². The summed E-state index contributed by atoms with van der Waals surface area (Å²) < 4.78 is 5.34. The van der Waals surface area contributed by atoms with E-state index in [-0.39, 0.29) is 18.7 Å². The lowest BCUT2D eigenvalue weighted by atomic mass is 10.1. The minimum absolute atomic E-state index is 0.0646. The molecule has 0 spiro atoms. The van der Waals surface area contributed by atoms with Crippen LogP contribution >= 0.6 is 11.3 Å². The molecular formula is C18H21N3O4S. The summed E-state index contributed by atoms with van der Waals surface area (Å²) >= 11 is 1.54. The Morgan fingerprint density at radius 2 is 2.08 bits per heavy atom. The van der Waals surface area contributed by atoms with E-state index in [1.54, 1.807) is 36.2 Å². The number of thiazole rings is 1. The number of aliphatic carboxylic acids is 1. The first-order valence-electron chi connectivity index (χ1n) is 8.37. The maximum Gasteiger partial charge on any atom is 0.307 e. The van der Waals surface area contributed by atoms with Gasteiger partial charge in [-0.25, -0.2) is 4.98 Å². The number of amides is 1. The monoisotopic (exact) mass is 375 g/mol. The van der Waals surface area contributed by atoms with Crippen LogP contribution in [0.2, 0.25) is 0 Å². The summed E-state index contributed by atoms with van der Waals surface area (Å²) in [6.07, 6.45) is 0.144. The van der Waals surface area contributed by atoms with Gasteiger partial charge >= 0.3 is 5.97 Å². The van der Waals surface area contributed by atoms with Crippen molar-refractivity contribution in [1.29, 1.82) is 0 Å². The number of hydrogen-bond donors (Lipinski definition) is 1. The summed E-state index contributed by atoms with van der Waals surface area (Å²) in [5, 5.41) is 11.7. The van der Waals surface area contributed by atoms with E-state index in [2.05, 4.69) is 9.88 Å². The second kappa shape index (κ2) is 8.29. The van der Waals surface area contributed by atoms with E-state index in [4.69, 9.17) is 9.84 Å². The van der Waals surface area contributed by atoms with Crippen molar-refractivity contribution < 1.29 is 19.4 Å². The zero-order chi connectivity index (χ0) is 18.5. The van der Waals surface area contributed by atoms with Crippen LogP contribution in [0.5, 0.6) is 0 Å². The number of benzene rings is 1. The van der Waals surface area contributed by atoms with Gasteiger partial charge in [0.05, 0.1) is 31.7 Å². The summed E-state index contributed by atoms with van der Waals surface area (Å²) in [5.74, 6) is -0.981. The van der Waals surface area contributed by atoms with Crippen molar-refractivity contribution in [2.45, 2.75) is 12.8 Å². The minimum Gasteiger partial charge on any atom is -0.481 e. The highest BCUT2D eigenvalue weighted by Crippen LogP contribution is 2.23. The quantitative estimate of drug-likeness (QED) is 0.829. The van der Waals surface area contributed by atoms with Gasteiger partial charge in [-0.1, -0.05) is 12.1 Å². The second-order valence-corrected chi connectivity index (χ2v) is 6.93. The molecule has 1 aromatic carbocycles. The molecule has 0 aliphatic carbocycles. The van der Waals surface area contributed by atoms with Crippen molar-refractivity contribution in [2.24, 2.45) is 0 Å². The fourth-order valence-electron chi connectivity index (χ4n) is 2.74. The Bertz CT molecular complexity index is 786. The second-order valence-electron chi connectivity index (χ2n) is 6.09. The third-order valence-electron chi connectivity index (χ3n) is 4.18. The number of hydrogen-bond acceptors (Lipinski definition) is 6. The first kappa shape index (κ1) is 18.3. The van der Waals surface area contributed by atoms with Gasteiger partial charge in [-0.3, -0.25) is 9.59 Å². The zero-order valence-corrected chi connectivity index (χ0v) is 15.4. The molecule has 0 atom stereocenters. The van der Waals surface area contributed by atoms with Crippen LogP contribution < -0.4 is 9.80 Å². The molecule has 0 unspecified atom stereocenters. The Hall–Kier alpha value is -2.45. The Morgan fingerprint density at radius 3 is 2.81 bits per heavy atom. The van der Waals surface area contributed by atoms with E-state index in [9.17, 15) is 9.59 Å². The first-order chi connectivity index (χ1) is 12.5. The van der Waals surface area contributed by atoms with Gasteiger partial charge in [-0.15, -0.1) is 11.3 Å². The van der Waals surface area contributed by atoms with E-state index in [1.807, 2.05) is 5.38 Å². The van der Waals surface area contributed by atoms with Gasteiger partial charge in [0, 0.05) is 31.2 Å². The van der Waals surface area contributed by atoms with Crippen LogP contribution in [0.15, 0.2) is 29.6 Å². The van der Waals surface area contributed by atoms with Crippen molar-refractivity contribution in [3.63, 3.8) is 0 Å². The third-order valence-corrected chi connectivity index (χ3v) is 5.13. The summed E-state index contributed by atoms with van der Waals surface area (Å²) in [6.45, 7) is 3.03. The van der Waals surface area contributed by atoms with Gasteiger partial charge in [-0.05, 0) is 17.7 Å². The number of anilines is 2. The van der Waals surface area contributed by atoms with Crippen LogP contribution in [-0.2, 0) is 27.2 Å². The van der Waals surface area contributed by atoms with Crippen molar-refractivity contribution in [1.82, 2.24) is 4.98 Å². The Labute approximate surface area is 155 Å². The van der Waals surface area contributed by atoms with Crippen LogP contribution in [0.1, 0.15) is 11.3 Å². The molecule has 0 saturated carbocycles. The van der Waals surface area contributed by atoms with Crippen molar-refractivity contribution in [3.8, 4) is 0 Å². The molecule has 2 heterocycles. The number of carboxylic acid groups (broad SMARTS) is 1. The van der Waals surface area contributed by atoms with Gasteiger partial charge in [0.1, 0.15) is 0 Å². The van der Waals surface area contributed by atoms with Gasteiger partial charge in [-0.2, -0.15) is 0 Å². The van der Waals surface area contributed by atoms with Crippen molar-refractivity contribution >= 4 is 34.0 Å². The highest BCUT2D eigenvalue weighted by Gasteiger charge is 2.18. The summed E-state index contributed by atoms with van der Waals surface area (Å²) in [5.41, 5.74) is 2.09. The van der Waals surface area contributed by atoms with E-state index < -0.39 is 5.97 Å². The van der Waals surface area contributed by atoms with Gasteiger partial charge in [0.15, 0.2) is 5.13 Å². The van der Waals surface area contributed by atoms with E-state index in [0.717, 1.165) is 23.9 Å². The molecule has 1 aliphatic heterocycles. The number of likely N-dealkylation sites (N-methyl/N-ethyl adjacent to an activating group) is 1. The lowest BCUT2D eigenvalue weighted by Crippen LogP contribution is -2.36. The number of morpholine rings is 1. The number of aromatic nitrogens is 1. The molecule has 0 bridgehead atoms. The average Bonchev–Trinajstić information content (AvgIpc) is 3.10. The fraction of sp³-hybridized carbons (Fsp3) is 0.389. The Morgan fingerprint density at radius 1 is 1.31 bits per heavy atom. The molecule has 3 rings (SSSR count). The van der Waals surface area contributed by atoms with Crippen LogP contribution in [0.3, 0.4) is 0 Å². The van der Waals surface area contributed by atoms with E-state index >= 15 is 0 Å². The molecule has 1 aliphatic rings. The highest BCUT2D eigenvalue weighted by atomic mass is 32.1. The van der Waals surface area contributed by atoms with Gasteiger partial charge in [0.25, 0.3) is 0 Å². The highest BCUT2D eigenvalue weighted by molar-refractivity contribution is 7.13. The topological polar surface area (TPSA) is 83.0 Å². The molecule has 1 amide bonds. The number of carboxylic acids is 1. The van der Waals surface area contributed by atoms with Crippen molar-refractivity contribution in [3.05, 3.63) is 40.9 Å². The summed E-state index contributed by atoms with van der Waals surface area (Å²) in [6, 6.07) is 7.03. The number of rotatable bonds is 6. The molecule has 26 heavy (non-hydrogen) atoms. The van der Waals surface area contributed by atoms with Crippen LogP contribution in [0, 0.1) is 0 Å². The largest absolute Gasteiger partial charge is 0.481 e. The predicted molar refractivity (Wildman–Crippen MR) is 100 cm³/mol. The SMILES string of the molecule is CN(C(=O)Cc1csc(N2CCOCC2)n1)c1cccc(CC(=O)O)c1. The molecule has 8 heteroatoms. The number of nitrogens with zero attached hydrogens (tertiary/aromatic N) is 3. The normalized spacial score (nSPS) is 14.3. The molecule has 0 radical (unpaired) electrons. The summed E-state index contributed by atoms with van der Waals surface area (Å²) in [4.78, 5) is 31.7. The third kappa shape index (κ3) is 4.59. The Balaban J connectivity index is 1.64. The number of carbonyl (C=O) groups is 2. The first-order valence-corrected chi connectivity index (χ1v) is 9.25. The molecule has 1 N–H and O–H groups in total. The molecule has 138 valence electrons. The molecule has 7 nitrogen and oxygen atoms in total. The smallest absolute Gasteiger partial charge is 0.307 e. The van der Waals surface area contributed by atoms with Crippen LogP contribution in [0.4, 0.5) is 10.8 Å². The maximum absolute atomic E-state index is 12.6. The lowest BCUT2D eigenvalue weighted by Gasteiger charge is -2.26. The minimum atomic E-state index is -0.894. The number of carbonyl (C=O) groups excluding carboxylic acids is 1. The maximum atomic E-state index is 12.6. The van der Waals surface area contributed by atoms with E-state index in [0.29, 0.717) is 24.5 Å². The standard InChI is InChI=1S/C18H21N3O4S/c1-20(15-4-2-3-13(9-15)10-17(23)24)16(22)11-14-12-26-18(19-14)21-5-7-25-8-6-21/h2-4,9,12H,5-8,10-11H2,1H3,(H,23,24). The zero-order valence-electron chi connectivity index (χ0n) is 14.6. The van der Waals surface area contributed by atoms with Gasteiger partial charge in [0.2, 0.25) is 5.91 Å². The average molecular weight is 375 g/mol. The lowest BCUT2D eigenvalue weighted by molar-refractivity contribution is -0.136. The fourth-order valence-corrected chi connectivity index (χ4v) is 3.62. The Kier molecular flexibility index (Phi) is 5.85. The number of ether oxygens (including phenoxy) is 1. The van der Waals surface area contributed by atoms with E-state index in [1.165, 1.54) is 11.3 Å². The van der Waals surface area contributed by atoms with Crippen molar-refractivity contribution in [2.75, 3.05) is 43.2 Å². The molecule has 1 saturated heterocycles. The molecule has 1 fully saturated rings. The molecular weight excluding hydrogens is 354 g/mol.